The van der Waals surface area contributed by atoms with E-state index in [1.807, 2.05) is 64.6 Å². The summed E-state index contributed by atoms with van der Waals surface area (Å²) in [6.07, 6.45) is 4.45. The maximum absolute atomic E-state index is 12.6. The largest absolute Gasteiger partial charge is 0.493 e. The number of carbonyl (C=O) groups is 1. The second-order valence-corrected chi connectivity index (χ2v) is 10.8. The van der Waals surface area contributed by atoms with E-state index in [1.165, 1.54) is 11.9 Å². The van der Waals surface area contributed by atoms with Gasteiger partial charge in [-0.2, -0.15) is 0 Å². The molecule has 7 nitrogen and oxygen atoms in total. The SMILES string of the molecule is Cc1cc(NSc2cn(C)cn2)c(C)c(C(OC(C)(C)C)C(=O)O)c1-c1ccc2c(c1)CCCO2. The molecule has 35 heavy (non-hydrogen) atoms. The number of nitrogens with one attached hydrogen (secondary N) is 1. The van der Waals surface area contributed by atoms with Crippen molar-refractivity contribution in [1.29, 1.82) is 0 Å². The fourth-order valence-electron chi connectivity index (χ4n) is 4.41. The lowest BCUT2D eigenvalue weighted by Crippen LogP contribution is -2.28. The number of aromatic nitrogens is 2. The average Bonchev–Trinajstić information content (AvgIpc) is 3.21. The van der Waals surface area contributed by atoms with Crippen molar-refractivity contribution in [2.45, 2.75) is 64.2 Å². The van der Waals surface area contributed by atoms with Crippen LogP contribution in [0.3, 0.4) is 0 Å². The summed E-state index contributed by atoms with van der Waals surface area (Å²) in [6.45, 7) is 10.3. The average molecular weight is 496 g/mol. The molecule has 1 aromatic heterocycles. The van der Waals surface area contributed by atoms with E-state index in [2.05, 4.69) is 21.8 Å². The molecule has 1 atom stereocenters. The lowest BCUT2D eigenvalue weighted by molar-refractivity contribution is -0.160. The van der Waals surface area contributed by atoms with Crippen LogP contribution in [-0.4, -0.2) is 32.8 Å². The molecule has 0 radical (unpaired) electrons. The maximum Gasteiger partial charge on any atom is 0.337 e. The number of rotatable bonds is 7. The molecule has 0 fully saturated rings. The summed E-state index contributed by atoms with van der Waals surface area (Å²) in [7, 11) is 1.92. The highest BCUT2D eigenvalue weighted by Crippen LogP contribution is 2.42. The van der Waals surface area contributed by atoms with Gasteiger partial charge in [0.25, 0.3) is 0 Å². The first-order valence-corrected chi connectivity index (χ1v) is 12.6. The molecule has 0 bridgehead atoms. The number of carboxylic acids is 1. The Balaban J connectivity index is 1.85. The molecule has 1 aliphatic rings. The van der Waals surface area contributed by atoms with Gasteiger partial charge < -0.3 is 23.9 Å². The van der Waals surface area contributed by atoms with Crippen molar-refractivity contribution in [2.75, 3.05) is 11.3 Å². The Morgan fingerprint density at radius 1 is 1.29 bits per heavy atom. The van der Waals surface area contributed by atoms with Gasteiger partial charge in [0, 0.05) is 36.4 Å². The molecule has 2 aromatic carbocycles. The van der Waals surface area contributed by atoms with Gasteiger partial charge in [0.1, 0.15) is 10.8 Å². The summed E-state index contributed by atoms with van der Waals surface area (Å²) in [6, 6.07) is 8.20. The predicted octanol–water partition coefficient (Wildman–Crippen LogP) is 6.09. The Morgan fingerprint density at radius 3 is 2.71 bits per heavy atom. The number of hydrogen-bond acceptors (Lipinski definition) is 6. The van der Waals surface area contributed by atoms with E-state index in [1.54, 1.807) is 6.33 Å². The Kier molecular flexibility index (Phi) is 7.15. The Hall–Kier alpha value is -2.97. The Bertz CT molecular complexity index is 1250. The molecule has 1 unspecified atom stereocenters. The molecular formula is C27H33N3O4S. The van der Waals surface area contributed by atoms with Gasteiger partial charge in [-0.25, -0.2) is 9.78 Å². The number of carboxylic acid groups (broad SMARTS) is 1. The second-order valence-electron chi connectivity index (χ2n) is 9.96. The molecule has 186 valence electrons. The third-order valence-electron chi connectivity index (χ3n) is 5.93. The predicted molar refractivity (Wildman–Crippen MR) is 139 cm³/mol. The molecule has 0 spiro atoms. The molecule has 8 heteroatoms. The zero-order chi connectivity index (χ0) is 25.3. The van der Waals surface area contributed by atoms with Crippen LogP contribution >= 0.6 is 11.9 Å². The molecule has 0 saturated carbocycles. The number of aryl methyl sites for hydroxylation is 3. The van der Waals surface area contributed by atoms with Gasteiger partial charge in [0.15, 0.2) is 6.10 Å². The highest BCUT2D eigenvalue weighted by molar-refractivity contribution is 8.00. The summed E-state index contributed by atoms with van der Waals surface area (Å²) in [5, 5.41) is 11.1. The molecule has 0 aliphatic carbocycles. The van der Waals surface area contributed by atoms with Crippen molar-refractivity contribution < 1.29 is 19.4 Å². The van der Waals surface area contributed by atoms with E-state index in [-0.39, 0.29) is 0 Å². The number of benzene rings is 2. The smallest absolute Gasteiger partial charge is 0.337 e. The Labute approximate surface area is 211 Å². The molecule has 4 rings (SSSR count). The highest BCUT2D eigenvalue weighted by Gasteiger charge is 2.32. The van der Waals surface area contributed by atoms with E-state index in [0.717, 1.165) is 63.7 Å². The van der Waals surface area contributed by atoms with Crippen molar-refractivity contribution in [3.8, 4) is 16.9 Å². The van der Waals surface area contributed by atoms with Gasteiger partial charge in [0.05, 0.1) is 18.5 Å². The van der Waals surface area contributed by atoms with Crippen LogP contribution < -0.4 is 9.46 Å². The molecule has 2 N–H and O–H groups in total. The van der Waals surface area contributed by atoms with Crippen molar-refractivity contribution in [3.63, 3.8) is 0 Å². The van der Waals surface area contributed by atoms with Gasteiger partial charge >= 0.3 is 5.97 Å². The van der Waals surface area contributed by atoms with Crippen molar-refractivity contribution in [2.24, 2.45) is 7.05 Å². The number of nitrogens with zero attached hydrogens (tertiary/aromatic N) is 2. The van der Waals surface area contributed by atoms with E-state index in [9.17, 15) is 9.90 Å². The summed E-state index contributed by atoms with van der Waals surface area (Å²) in [5.41, 5.74) is 5.66. The third kappa shape index (κ3) is 5.65. The number of ether oxygens (including phenoxy) is 2. The number of anilines is 1. The van der Waals surface area contributed by atoms with Crippen LogP contribution in [0.25, 0.3) is 11.1 Å². The number of aliphatic carboxylic acids is 1. The fourth-order valence-corrected chi connectivity index (χ4v) is 5.16. The number of imidazole rings is 1. The second kappa shape index (κ2) is 9.95. The van der Waals surface area contributed by atoms with Gasteiger partial charge in [-0.3, -0.25) is 0 Å². The molecule has 2 heterocycles. The zero-order valence-corrected chi connectivity index (χ0v) is 22.0. The first-order chi connectivity index (χ1) is 16.5. The molecular weight excluding hydrogens is 462 g/mol. The first kappa shape index (κ1) is 25.1. The first-order valence-electron chi connectivity index (χ1n) is 11.7. The number of hydrogen-bond donors (Lipinski definition) is 2. The normalized spacial score (nSPS) is 14.2. The van der Waals surface area contributed by atoms with Gasteiger partial charge in [-0.1, -0.05) is 6.07 Å². The number of fused-ring (bicyclic) bond motifs is 1. The minimum Gasteiger partial charge on any atom is -0.493 e. The monoisotopic (exact) mass is 495 g/mol. The van der Waals surface area contributed by atoms with Crippen molar-refractivity contribution in [1.82, 2.24) is 9.55 Å². The zero-order valence-electron chi connectivity index (χ0n) is 21.1. The highest BCUT2D eigenvalue weighted by atomic mass is 32.2. The molecule has 0 amide bonds. The molecule has 3 aromatic rings. The van der Waals surface area contributed by atoms with E-state index in [4.69, 9.17) is 9.47 Å². The van der Waals surface area contributed by atoms with E-state index in [0.29, 0.717) is 5.56 Å². The van der Waals surface area contributed by atoms with E-state index < -0.39 is 17.7 Å². The van der Waals surface area contributed by atoms with Crippen LogP contribution in [0.5, 0.6) is 5.75 Å². The van der Waals surface area contributed by atoms with Crippen LogP contribution in [0.1, 0.15) is 55.5 Å². The van der Waals surface area contributed by atoms with Crippen LogP contribution in [0.2, 0.25) is 0 Å². The topological polar surface area (TPSA) is 85.6 Å². The maximum atomic E-state index is 12.6. The summed E-state index contributed by atoms with van der Waals surface area (Å²) >= 11 is 1.39. The quantitative estimate of drug-likeness (QED) is 0.384. The molecule has 0 saturated heterocycles. The lowest BCUT2D eigenvalue weighted by atomic mass is 9.86. The standard InChI is InChI=1S/C27H33N3O4S/c1-16-12-20(29-35-22-14-30(6)15-28-22)17(2)24(25(26(31)32)34-27(3,4)5)23(16)19-9-10-21-18(13-19)8-7-11-33-21/h9-10,12-15,25,29H,7-8,11H2,1-6H3,(H,31,32). The van der Waals surface area contributed by atoms with Gasteiger partial charge in [0.2, 0.25) is 0 Å². The summed E-state index contributed by atoms with van der Waals surface area (Å²) in [5.74, 6) is -0.110. The summed E-state index contributed by atoms with van der Waals surface area (Å²) < 4.78 is 17.2. The van der Waals surface area contributed by atoms with Crippen LogP contribution in [-0.2, 0) is 23.0 Å². The lowest BCUT2D eigenvalue weighted by Gasteiger charge is -2.30. The van der Waals surface area contributed by atoms with Gasteiger partial charge in [-0.05, 0) is 93.5 Å². The third-order valence-corrected chi connectivity index (χ3v) is 6.68. The van der Waals surface area contributed by atoms with E-state index >= 15 is 0 Å². The van der Waals surface area contributed by atoms with Crippen LogP contribution in [0.4, 0.5) is 5.69 Å². The fraction of sp³-hybridized carbons (Fsp3) is 0.407. The van der Waals surface area contributed by atoms with Gasteiger partial charge in [-0.15, -0.1) is 0 Å². The van der Waals surface area contributed by atoms with Crippen LogP contribution in [0, 0.1) is 13.8 Å². The summed E-state index contributed by atoms with van der Waals surface area (Å²) in [4.78, 5) is 16.9. The van der Waals surface area contributed by atoms with Crippen molar-refractivity contribution in [3.05, 3.63) is 59.0 Å². The van der Waals surface area contributed by atoms with Crippen LogP contribution in [0.15, 0.2) is 41.8 Å². The van der Waals surface area contributed by atoms with Crippen molar-refractivity contribution >= 4 is 23.6 Å². The minimum absolute atomic E-state index is 0.642. The molecule has 1 aliphatic heterocycles. The Morgan fingerprint density at radius 2 is 2.06 bits per heavy atom. The minimum atomic E-state index is -1.13.